The molecule has 0 saturated carbocycles. The third kappa shape index (κ3) is 4.78. The van der Waals surface area contributed by atoms with E-state index in [-0.39, 0.29) is 23.5 Å². The first-order valence-electron chi connectivity index (χ1n) is 6.47. The molecule has 4 heteroatoms. The van der Waals surface area contributed by atoms with Crippen LogP contribution < -0.4 is 5.73 Å². The van der Waals surface area contributed by atoms with Crippen LogP contribution in [0.2, 0.25) is 0 Å². The normalized spacial score (nSPS) is 15.3. The highest BCUT2D eigenvalue weighted by molar-refractivity contribution is 7.91. The topological polar surface area (TPSA) is 60.2 Å². The molecule has 1 rings (SSSR count). The fourth-order valence-corrected chi connectivity index (χ4v) is 2.83. The summed E-state index contributed by atoms with van der Waals surface area (Å²) in [5, 5.41) is 0. The molecule has 0 aliphatic rings. The maximum atomic E-state index is 11.4. The Balaban J connectivity index is 2.44. The van der Waals surface area contributed by atoms with Crippen LogP contribution in [0.5, 0.6) is 0 Å². The van der Waals surface area contributed by atoms with Crippen LogP contribution >= 0.6 is 0 Å². The molecule has 0 aliphatic carbocycles. The van der Waals surface area contributed by atoms with Gasteiger partial charge in [-0.25, -0.2) is 8.42 Å². The highest BCUT2D eigenvalue weighted by Gasteiger charge is 2.15. The molecule has 0 amide bonds. The van der Waals surface area contributed by atoms with Crippen molar-refractivity contribution in [1.29, 1.82) is 0 Å². The van der Waals surface area contributed by atoms with Crippen molar-refractivity contribution >= 4 is 9.84 Å². The first-order valence-corrected chi connectivity index (χ1v) is 8.29. The Kier molecular flexibility index (Phi) is 5.82. The Morgan fingerprint density at radius 1 is 1.22 bits per heavy atom. The average molecular weight is 269 g/mol. The maximum Gasteiger partial charge on any atom is 0.150 e. The van der Waals surface area contributed by atoms with Gasteiger partial charge in [0.1, 0.15) is 9.84 Å². The van der Waals surface area contributed by atoms with Gasteiger partial charge in [0.05, 0.1) is 5.75 Å². The maximum absolute atomic E-state index is 11.4. The SMILES string of the molecule is CCS(=O)(=O)CCCC(N)C(C)c1ccccc1. The van der Waals surface area contributed by atoms with Crippen LogP contribution in [0.15, 0.2) is 30.3 Å². The number of hydrogen-bond donors (Lipinski definition) is 1. The van der Waals surface area contributed by atoms with Gasteiger partial charge >= 0.3 is 0 Å². The second kappa shape index (κ2) is 6.90. The summed E-state index contributed by atoms with van der Waals surface area (Å²) in [6, 6.07) is 10.1. The fourth-order valence-electron chi connectivity index (χ4n) is 1.94. The Hall–Kier alpha value is -0.870. The van der Waals surface area contributed by atoms with Gasteiger partial charge in [-0.05, 0) is 24.3 Å². The third-order valence-corrected chi connectivity index (χ3v) is 5.19. The monoisotopic (exact) mass is 269 g/mol. The highest BCUT2D eigenvalue weighted by atomic mass is 32.2. The van der Waals surface area contributed by atoms with E-state index in [9.17, 15) is 8.42 Å². The van der Waals surface area contributed by atoms with Gasteiger partial charge in [0.15, 0.2) is 0 Å². The van der Waals surface area contributed by atoms with Gasteiger partial charge in [-0.15, -0.1) is 0 Å². The molecule has 0 heterocycles. The van der Waals surface area contributed by atoms with Crippen molar-refractivity contribution in [3.05, 3.63) is 35.9 Å². The number of sulfone groups is 1. The molecule has 18 heavy (non-hydrogen) atoms. The van der Waals surface area contributed by atoms with Crippen LogP contribution in [0.3, 0.4) is 0 Å². The smallest absolute Gasteiger partial charge is 0.150 e. The summed E-state index contributed by atoms with van der Waals surface area (Å²) in [6.07, 6.45) is 1.39. The molecular formula is C14H23NO2S. The lowest BCUT2D eigenvalue weighted by atomic mass is 9.91. The quantitative estimate of drug-likeness (QED) is 0.826. The van der Waals surface area contributed by atoms with Crippen LogP contribution in [-0.2, 0) is 9.84 Å². The Labute approximate surface area is 110 Å². The van der Waals surface area contributed by atoms with Gasteiger partial charge in [0.25, 0.3) is 0 Å². The lowest BCUT2D eigenvalue weighted by Gasteiger charge is -2.20. The van der Waals surface area contributed by atoms with Gasteiger partial charge in [0.2, 0.25) is 0 Å². The molecule has 2 unspecified atom stereocenters. The summed E-state index contributed by atoms with van der Waals surface area (Å²) in [5.74, 6) is 0.727. The van der Waals surface area contributed by atoms with E-state index in [1.54, 1.807) is 6.92 Å². The zero-order valence-electron chi connectivity index (χ0n) is 11.2. The van der Waals surface area contributed by atoms with E-state index < -0.39 is 9.84 Å². The van der Waals surface area contributed by atoms with Crippen molar-refractivity contribution in [3.63, 3.8) is 0 Å². The van der Waals surface area contributed by atoms with E-state index in [1.807, 2.05) is 18.2 Å². The number of benzene rings is 1. The molecule has 0 saturated heterocycles. The Morgan fingerprint density at radius 2 is 1.83 bits per heavy atom. The molecule has 3 nitrogen and oxygen atoms in total. The van der Waals surface area contributed by atoms with Gasteiger partial charge < -0.3 is 5.73 Å². The van der Waals surface area contributed by atoms with E-state index in [2.05, 4.69) is 19.1 Å². The first-order chi connectivity index (χ1) is 8.46. The molecule has 0 radical (unpaired) electrons. The van der Waals surface area contributed by atoms with Crippen molar-refractivity contribution in [3.8, 4) is 0 Å². The summed E-state index contributed by atoms with van der Waals surface area (Å²) in [4.78, 5) is 0. The van der Waals surface area contributed by atoms with Crippen LogP contribution in [0.4, 0.5) is 0 Å². The standard InChI is InChI=1S/C14H23NO2S/c1-3-18(16,17)11-7-10-14(15)12(2)13-8-5-4-6-9-13/h4-6,8-9,12,14H,3,7,10-11,15H2,1-2H3. The lowest BCUT2D eigenvalue weighted by molar-refractivity contribution is 0.519. The minimum Gasteiger partial charge on any atom is -0.327 e. The molecule has 2 atom stereocenters. The summed E-state index contributed by atoms with van der Waals surface area (Å²) < 4.78 is 22.8. The van der Waals surface area contributed by atoms with E-state index in [1.165, 1.54) is 5.56 Å². The highest BCUT2D eigenvalue weighted by Crippen LogP contribution is 2.20. The molecule has 0 fully saturated rings. The molecule has 1 aromatic carbocycles. The molecular weight excluding hydrogens is 246 g/mol. The molecule has 2 N–H and O–H groups in total. The summed E-state index contributed by atoms with van der Waals surface area (Å²) >= 11 is 0. The van der Waals surface area contributed by atoms with Crippen LogP contribution in [0.25, 0.3) is 0 Å². The lowest BCUT2D eigenvalue weighted by Crippen LogP contribution is -2.27. The van der Waals surface area contributed by atoms with Crippen LogP contribution in [0, 0.1) is 0 Å². The molecule has 0 bridgehead atoms. The van der Waals surface area contributed by atoms with E-state index in [4.69, 9.17) is 5.73 Å². The van der Waals surface area contributed by atoms with Gasteiger partial charge in [-0.1, -0.05) is 44.2 Å². The van der Waals surface area contributed by atoms with Crippen molar-refractivity contribution in [1.82, 2.24) is 0 Å². The minimum absolute atomic E-state index is 0.0134. The predicted octanol–water partition coefficient (Wildman–Crippen LogP) is 2.33. The number of hydrogen-bond acceptors (Lipinski definition) is 3. The van der Waals surface area contributed by atoms with E-state index in [0.29, 0.717) is 6.42 Å². The minimum atomic E-state index is -2.86. The first kappa shape index (κ1) is 15.2. The molecule has 0 aromatic heterocycles. The second-order valence-corrected chi connectivity index (χ2v) is 7.21. The fraction of sp³-hybridized carbons (Fsp3) is 0.571. The van der Waals surface area contributed by atoms with E-state index in [0.717, 1.165) is 6.42 Å². The molecule has 0 spiro atoms. The van der Waals surface area contributed by atoms with Crippen molar-refractivity contribution < 1.29 is 8.42 Å². The Morgan fingerprint density at radius 3 is 2.39 bits per heavy atom. The zero-order chi connectivity index (χ0) is 13.6. The summed E-state index contributed by atoms with van der Waals surface area (Å²) in [6.45, 7) is 3.77. The molecule has 1 aromatic rings. The number of rotatable bonds is 7. The Bertz CT molecular complexity index is 442. The van der Waals surface area contributed by atoms with Crippen molar-refractivity contribution in [2.24, 2.45) is 5.73 Å². The molecule has 102 valence electrons. The summed E-state index contributed by atoms with van der Waals surface area (Å²) in [7, 11) is -2.86. The molecule has 0 aliphatic heterocycles. The third-order valence-electron chi connectivity index (χ3n) is 3.40. The van der Waals surface area contributed by atoms with Crippen molar-refractivity contribution in [2.45, 2.75) is 38.6 Å². The predicted molar refractivity (Wildman–Crippen MR) is 76.4 cm³/mol. The largest absolute Gasteiger partial charge is 0.327 e. The van der Waals surface area contributed by atoms with Crippen LogP contribution in [-0.4, -0.2) is 26.0 Å². The van der Waals surface area contributed by atoms with Gasteiger partial charge in [0, 0.05) is 11.8 Å². The second-order valence-electron chi connectivity index (χ2n) is 4.74. The summed E-state index contributed by atoms with van der Waals surface area (Å²) in [5.41, 5.74) is 7.34. The van der Waals surface area contributed by atoms with Gasteiger partial charge in [-0.2, -0.15) is 0 Å². The van der Waals surface area contributed by atoms with Gasteiger partial charge in [-0.3, -0.25) is 0 Å². The van der Waals surface area contributed by atoms with E-state index >= 15 is 0 Å². The number of nitrogens with two attached hydrogens (primary N) is 1. The van der Waals surface area contributed by atoms with Crippen LogP contribution in [0.1, 0.15) is 38.2 Å². The zero-order valence-corrected chi connectivity index (χ0v) is 12.0. The average Bonchev–Trinajstić information content (AvgIpc) is 2.38. The van der Waals surface area contributed by atoms with Crippen molar-refractivity contribution in [2.75, 3.05) is 11.5 Å².